The first-order valence-electron chi connectivity index (χ1n) is 7.41. The second-order valence-corrected chi connectivity index (χ2v) is 11.7. The van der Waals surface area contributed by atoms with Crippen molar-refractivity contribution in [2.24, 2.45) is 0 Å². The molecule has 0 fully saturated rings. The fourth-order valence-corrected chi connectivity index (χ4v) is 2.87. The van der Waals surface area contributed by atoms with Crippen LogP contribution in [0.2, 0.25) is 24.7 Å². The fourth-order valence-electron chi connectivity index (χ4n) is 2.25. The number of pyridine rings is 1. The van der Waals surface area contributed by atoms with Crippen molar-refractivity contribution in [3.8, 4) is 22.7 Å². The quantitative estimate of drug-likeness (QED) is 0.432. The van der Waals surface area contributed by atoms with Crippen LogP contribution in [0.25, 0.3) is 16.9 Å². The third kappa shape index (κ3) is 3.35. The summed E-state index contributed by atoms with van der Waals surface area (Å²) in [6, 6.07) is 7.86. The molecule has 0 N–H and O–H groups in total. The van der Waals surface area contributed by atoms with Gasteiger partial charge in [0.15, 0.2) is 11.5 Å². The minimum absolute atomic E-state index is 0.0567. The molecule has 2 nitrogen and oxygen atoms in total. The number of imidazole rings is 1. The number of nitrogens with zero attached hydrogens (tertiary/aromatic N) is 2. The Bertz CT molecular complexity index is 977. The van der Waals surface area contributed by atoms with Crippen LogP contribution < -0.4 is 0 Å². The normalized spacial score (nSPS) is 11.4. The highest BCUT2D eigenvalue weighted by Gasteiger charge is 2.17. The van der Waals surface area contributed by atoms with Gasteiger partial charge in [-0.3, -0.25) is 4.40 Å². The molecule has 0 unspecified atom stereocenters. The number of benzene rings is 1. The summed E-state index contributed by atoms with van der Waals surface area (Å²) in [4.78, 5) is 4.35. The molecule has 3 rings (SSSR count). The zero-order valence-electron chi connectivity index (χ0n) is 13.5. The zero-order valence-corrected chi connectivity index (χ0v) is 15.2. The van der Waals surface area contributed by atoms with Crippen LogP contribution in [0.3, 0.4) is 0 Å². The summed E-state index contributed by atoms with van der Waals surface area (Å²) >= 11 is 5.93. The highest BCUT2D eigenvalue weighted by Crippen LogP contribution is 2.27. The summed E-state index contributed by atoms with van der Waals surface area (Å²) in [7, 11) is -1.67. The van der Waals surface area contributed by atoms with Gasteiger partial charge in [0.05, 0.1) is 0 Å². The van der Waals surface area contributed by atoms with Gasteiger partial charge in [-0.25, -0.2) is 13.8 Å². The van der Waals surface area contributed by atoms with Crippen LogP contribution in [-0.2, 0) is 0 Å². The van der Waals surface area contributed by atoms with E-state index in [4.69, 9.17) is 11.6 Å². The van der Waals surface area contributed by atoms with E-state index in [9.17, 15) is 8.78 Å². The zero-order chi connectivity index (χ0) is 17.5. The van der Waals surface area contributed by atoms with Gasteiger partial charge in [0.2, 0.25) is 0 Å². The first kappa shape index (κ1) is 16.7. The second-order valence-electron chi connectivity index (χ2n) is 6.52. The fraction of sp³-hybridized carbons (Fsp3) is 0.167. The van der Waals surface area contributed by atoms with Crippen LogP contribution in [-0.4, -0.2) is 17.5 Å². The first-order valence-corrected chi connectivity index (χ1v) is 11.3. The van der Waals surface area contributed by atoms with Crippen molar-refractivity contribution in [3.05, 3.63) is 58.9 Å². The molecule has 3 aromatic rings. The molecule has 0 radical (unpaired) electrons. The standard InChI is InChI=1S/C18H15ClF2N2Si/c1-24(2,3)9-8-16-17(12-4-6-13(19)7-5-12)22-18-15(21)10-14(20)11-23(16)18/h4-7,10-11H,1-3H3. The van der Waals surface area contributed by atoms with E-state index < -0.39 is 19.7 Å². The van der Waals surface area contributed by atoms with E-state index in [0.717, 1.165) is 11.6 Å². The molecule has 6 heteroatoms. The number of hydrogen-bond donors (Lipinski definition) is 0. The van der Waals surface area contributed by atoms with Gasteiger partial charge in [-0.05, 0) is 12.1 Å². The molecule has 0 spiro atoms. The molecule has 0 saturated heterocycles. The summed E-state index contributed by atoms with van der Waals surface area (Å²) in [5.74, 6) is 1.70. The van der Waals surface area contributed by atoms with Crippen molar-refractivity contribution in [2.75, 3.05) is 0 Å². The minimum atomic E-state index is -1.67. The Hall–Kier alpha value is -2.16. The SMILES string of the molecule is C[Si](C)(C)C#Cc1c(-c2ccc(Cl)cc2)nc2c(F)cc(F)cn12. The Morgan fingerprint density at radius 2 is 1.79 bits per heavy atom. The molecule has 1 aromatic carbocycles. The van der Waals surface area contributed by atoms with E-state index in [1.807, 2.05) is 0 Å². The average Bonchev–Trinajstić information content (AvgIpc) is 2.84. The Balaban J connectivity index is 2.33. The van der Waals surface area contributed by atoms with Crippen molar-refractivity contribution >= 4 is 25.3 Å². The van der Waals surface area contributed by atoms with Crippen LogP contribution in [0.4, 0.5) is 8.78 Å². The molecule has 0 aliphatic carbocycles. The van der Waals surface area contributed by atoms with Gasteiger partial charge in [-0.1, -0.05) is 49.3 Å². The molecule has 0 bridgehead atoms. The molecule has 0 aliphatic rings. The van der Waals surface area contributed by atoms with E-state index >= 15 is 0 Å². The molecule has 0 amide bonds. The van der Waals surface area contributed by atoms with Crippen molar-refractivity contribution < 1.29 is 8.78 Å². The van der Waals surface area contributed by atoms with E-state index in [2.05, 4.69) is 36.1 Å². The summed E-state index contributed by atoms with van der Waals surface area (Å²) in [6.45, 7) is 6.31. The van der Waals surface area contributed by atoms with Crippen molar-refractivity contribution in [3.63, 3.8) is 0 Å². The Labute approximate surface area is 145 Å². The lowest BCUT2D eigenvalue weighted by Gasteiger charge is -2.04. The van der Waals surface area contributed by atoms with E-state index in [1.54, 1.807) is 24.3 Å². The Kier molecular flexibility index (Phi) is 4.20. The summed E-state index contributed by atoms with van der Waals surface area (Å²) < 4.78 is 29.2. The van der Waals surface area contributed by atoms with Crippen LogP contribution in [0.5, 0.6) is 0 Å². The Morgan fingerprint density at radius 3 is 2.42 bits per heavy atom. The lowest BCUT2D eigenvalue weighted by atomic mass is 10.1. The maximum absolute atomic E-state index is 14.1. The van der Waals surface area contributed by atoms with Gasteiger partial charge >= 0.3 is 0 Å². The van der Waals surface area contributed by atoms with Crippen LogP contribution in [0.15, 0.2) is 36.5 Å². The molecule has 2 aromatic heterocycles. The molecule has 0 saturated carbocycles. The van der Waals surface area contributed by atoms with Gasteiger partial charge in [0.1, 0.15) is 25.3 Å². The second kappa shape index (κ2) is 6.04. The molecule has 0 atom stereocenters. The number of rotatable bonds is 1. The largest absolute Gasteiger partial charge is 0.287 e. The van der Waals surface area contributed by atoms with Gasteiger partial charge < -0.3 is 0 Å². The number of hydrogen-bond acceptors (Lipinski definition) is 1. The van der Waals surface area contributed by atoms with Crippen LogP contribution in [0, 0.1) is 23.1 Å². The predicted octanol–water partition coefficient (Wildman–Crippen LogP) is 5.16. The summed E-state index contributed by atoms with van der Waals surface area (Å²) in [6.07, 6.45) is 1.21. The average molecular weight is 361 g/mol. The van der Waals surface area contributed by atoms with Gasteiger partial charge in [0.25, 0.3) is 0 Å². The lowest BCUT2D eigenvalue weighted by molar-refractivity contribution is 0.576. The van der Waals surface area contributed by atoms with E-state index in [1.165, 1.54) is 10.6 Å². The van der Waals surface area contributed by atoms with Crippen molar-refractivity contribution in [2.45, 2.75) is 19.6 Å². The van der Waals surface area contributed by atoms with Crippen LogP contribution in [0.1, 0.15) is 5.69 Å². The molecule has 0 aliphatic heterocycles. The third-order valence-electron chi connectivity index (χ3n) is 3.32. The van der Waals surface area contributed by atoms with Gasteiger partial charge in [-0.2, -0.15) is 0 Å². The van der Waals surface area contributed by atoms with Crippen LogP contribution >= 0.6 is 11.6 Å². The first-order chi connectivity index (χ1) is 11.2. The molecule has 122 valence electrons. The Morgan fingerprint density at radius 1 is 1.12 bits per heavy atom. The maximum Gasteiger partial charge on any atom is 0.174 e. The van der Waals surface area contributed by atoms with Crippen molar-refractivity contribution in [1.29, 1.82) is 0 Å². The van der Waals surface area contributed by atoms with Gasteiger partial charge in [-0.15, -0.1) is 5.54 Å². The molecular weight excluding hydrogens is 346 g/mol. The summed E-state index contributed by atoms with van der Waals surface area (Å²) in [5, 5.41) is 0.592. The number of fused-ring (bicyclic) bond motifs is 1. The minimum Gasteiger partial charge on any atom is -0.287 e. The maximum atomic E-state index is 14.1. The number of halogens is 3. The lowest BCUT2D eigenvalue weighted by Crippen LogP contribution is -2.16. The molecule has 2 heterocycles. The molecule has 24 heavy (non-hydrogen) atoms. The van der Waals surface area contributed by atoms with E-state index in [-0.39, 0.29) is 5.65 Å². The third-order valence-corrected chi connectivity index (χ3v) is 4.44. The topological polar surface area (TPSA) is 17.3 Å². The summed E-state index contributed by atoms with van der Waals surface area (Å²) in [5.41, 5.74) is 5.04. The number of aromatic nitrogens is 2. The highest BCUT2D eigenvalue weighted by molar-refractivity contribution is 6.83. The predicted molar refractivity (Wildman–Crippen MR) is 95.8 cm³/mol. The highest BCUT2D eigenvalue weighted by atomic mass is 35.5. The molecular formula is C18H15ClF2N2Si. The van der Waals surface area contributed by atoms with Crippen molar-refractivity contribution in [1.82, 2.24) is 9.38 Å². The van der Waals surface area contributed by atoms with Gasteiger partial charge in [0, 0.05) is 22.8 Å². The smallest absolute Gasteiger partial charge is 0.174 e. The van der Waals surface area contributed by atoms with E-state index in [0.29, 0.717) is 16.4 Å². The monoisotopic (exact) mass is 360 g/mol.